The summed E-state index contributed by atoms with van der Waals surface area (Å²) < 4.78 is 26.4. The standard InChI is InChI=1S/C28H38ClN3O4S/c1-21-25(29)15-9-16-26(21)32(37(3,35)36)19-10-17-27(33)31(20-18-23-11-5-4-6-12-23)22(2)28(34)30-24-13-7-8-14-24/h4-6,9,11-12,15-16,22,24H,7-8,10,13-14,17-20H2,1-3H3,(H,30,34)/t22-/m0/s1. The van der Waals surface area contributed by atoms with Crippen LogP contribution in [0.15, 0.2) is 48.5 Å². The van der Waals surface area contributed by atoms with E-state index in [0.717, 1.165) is 37.5 Å². The number of hydrogen-bond donors (Lipinski definition) is 1. The molecule has 0 bridgehead atoms. The van der Waals surface area contributed by atoms with Gasteiger partial charge >= 0.3 is 0 Å². The fourth-order valence-electron chi connectivity index (χ4n) is 4.81. The Morgan fingerprint density at radius 1 is 1.05 bits per heavy atom. The van der Waals surface area contributed by atoms with E-state index in [-0.39, 0.29) is 30.8 Å². The van der Waals surface area contributed by atoms with Gasteiger partial charge in [0.2, 0.25) is 21.8 Å². The molecule has 202 valence electrons. The maximum atomic E-state index is 13.4. The van der Waals surface area contributed by atoms with E-state index in [9.17, 15) is 18.0 Å². The minimum absolute atomic E-state index is 0.126. The second kappa shape index (κ2) is 13.3. The second-order valence-corrected chi connectivity index (χ2v) is 12.1. The van der Waals surface area contributed by atoms with Gasteiger partial charge in [-0.05, 0) is 62.8 Å². The zero-order chi connectivity index (χ0) is 27.0. The Hall–Kier alpha value is -2.58. The lowest BCUT2D eigenvalue weighted by Gasteiger charge is -2.30. The fraction of sp³-hybridized carbons (Fsp3) is 0.500. The van der Waals surface area contributed by atoms with Crippen molar-refractivity contribution < 1.29 is 18.0 Å². The Kier molecular flexibility index (Phi) is 10.4. The summed E-state index contributed by atoms with van der Waals surface area (Å²) in [5.74, 6) is -0.304. The summed E-state index contributed by atoms with van der Waals surface area (Å²) in [6, 6.07) is 14.6. The van der Waals surface area contributed by atoms with Crippen LogP contribution in [0, 0.1) is 6.92 Å². The van der Waals surface area contributed by atoms with Gasteiger partial charge in [-0.2, -0.15) is 0 Å². The summed E-state index contributed by atoms with van der Waals surface area (Å²) in [5, 5.41) is 3.59. The number of sulfonamides is 1. The molecule has 0 heterocycles. The van der Waals surface area contributed by atoms with E-state index in [1.165, 1.54) is 4.31 Å². The van der Waals surface area contributed by atoms with Crippen LogP contribution in [-0.4, -0.2) is 56.6 Å². The summed E-state index contributed by atoms with van der Waals surface area (Å²) in [6.07, 6.45) is 6.39. The van der Waals surface area contributed by atoms with Crippen molar-refractivity contribution in [1.29, 1.82) is 0 Å². The Balaban J connectivity index is 1.69. The minimum atomic E-state index is -3.58. The van der Waals surface area contributed by atoms with Crippen molar-refractivity contribution in [2.45, 2.75) is 70.9 Å². The van der Waals surface area contributed by atoms with Crippen molar-refractivity contribution in [2.75, 3.05) is 23.7 Å². The molecule has 0 unspecified atom stereocenters. The maximum Gasteiger partial charge on any atom is 0.242 e. The number of carbonyl (C=O) groups excluding carboxylic acids is 2. The van der Waals surface area contributed by atoms with Gasteiger partial charge in [-0.3, -0.25) is 13.9 Å². The first-order valence-electron chi connectivity index (χ1n) is 12.9. The topological polar surface area (TPSA) is 86.8 Å². The monoisotopic (exact) mass is 547 g/mol. The molecule has 1 atom stereocenters. The van der Waals surface area contributed by atoms with Gasteiger partial charge in [0.15, 0.2) is 0 Å². The first kappa shape index (κ1) is 29.0. The molecule has 1 aliphatic carbocycles. The van der Waals surface area contributed by atoms with Crippen molar-refractivity contribution in [3.63, 3.8) is 0 Å². The summed E-state index contributed by atoms with van der Waals surface area (Å²) in [4.78, 5) is 28.0. The number of benzene rings is 2. The van der Waals surface area contributed by atoms with Crippen LogP contribution >= 0.6 is 11.6 Å². The molecule has 1 saturated carbocycles. The van der Waals surface area contributed by atoms with E-state index in [0.29, 0.717) is 35.7 Å². The van der Waals surface area contributed by atoms with Crippen LogP contribution < -0.4 is 9.62 Å². The van der Waals surface area contributed by atoms with E-state index >= 15 is 0 Å². The molecule has 0 aliphatic heterocycles. The molecule has 1 N–H and O–H groups in total. The van der Waals surface area contributed by atoms with Crippen LogP contribution in [-0.2, 0) is 26.0 Å². The van der Waals surface area contributed by atoms with Gasteiger partial charge in [-0.25, -0.2) is 8.42 Å². The predicted octanol–water partition coefficient (Wildman–Crippen LogP) is 4.71. The van der Waals surface area contributed by atoms with Crippen molar-refractivity contribution >= 4 is 39.1 Å². The fourth-order valence-corrected chi connectivity index (χ4v) is 6.00. The molecule has 1 fully saturated rings. The number of nitrogens with one attached hydrogen (secondary N) is 1. The minimum Gasteiger partial charge on any atom is -0.352 e. The van der Waals surface area contributed by atoms with Gasteiger partial charge in [0.05, 0.1) is 11.9 Å². The maximum absolute atomic E-state index is 13.4. The van der Waals surface area contributed by atoms with Crippen LogP contribution in [0.1, 0.15) is 56.6 Å². The molecule has 2 amide bonds. The smallest absolute Gasteiger partial charge is 0.242 e. The molecule has 9 heteroatoms. The molecular weight excluding hydrogens is 510 g/mol. The van der Waals surface area contributed by atoms with Gasteiger partial charge in [0, 0.05) is 30.6 Å². The SMILES string of the molecule is Cc1c(Cl)cccc1N(CCCC(=O)N(CCc1ccccc1)[C@@H](C)C(=O)NC1CCCC1)S(C)(=O)=O. The van der Waals surface area contributed by atoms with Crippen LogP contribution in [0.5, 0.6) is 0 Å². The third-order valence-corrected chi connectivity index (χ3v) is 8.60. The van der Waals surface area contributed by atoms with Crippen LogP contribution in [0.4, 0.5) is 5.69 Å². The number of hydrogen-bond acceptors (Lipinski definition) is 4. The molecule has 2 aromatic rings. The van der Waals surface area contributed by atoms with E-state index < -0.39 is 16.1 Å². The Morgan fingerprint density at radius 3 is 2.38 bits per heavy atom. The zero-order valence-electron chi connectivity index (χ0n) is 22.0. The van der Waals surface area contributed by atoms with Crippen LogP contribution in [0.2, 0.25) is 5.02 Å². The lowest BCUT2D eigenvalue weighted by Crippen LogP contribution is -2.50. The van der Waals surface area contributed by atoms with Crippen LogP contribution in [0.3, 0.4) is 0 Å². The van der Waals surface area contributed by atoms with Crippen molar-refractivity contribution in [3.8, 4) is 0 Å². The summed E-state index contributed by atoms with van der Waals surface area (Å²) in [7, 11) is -3.58. The van der Waals surface area contributed by atoms with Crippen molar-refractivity contribution in [1.82, 2.24) is 10.2 Å². The molecule has 0 spiro atoms. The normalized spacial score (nSPS) is 14.8. The molecule has 0 aromatic heterocycles. The average molecular weight is 548 g/mol. The number of nitrogens with zero attached hydrogens (tertiary/aromatic N) is 2. The predicted molar refractivity (Wildman–Crippen MR) is 149 cm³/mol. The molecule has 37 heavy (non-hydrogen) atoms. The number of rotatable bonds is 12. The number of carbonyl (C=O) groups is 2. The van der Waals surface area contributed by atoms with Gasteiger partial charge in [0.1, 0.15) is 6.04 Å². The Morgan fingerprint density at radius 2 is 1.73 bits per heavy atom. The lowest BCUT2D eigenvalue weighted by atomic mass is 10.1. The van der Waals surface area contributed by atoms with Crippen molar-refractivity contribution in [2.24, 2.45) is 0 Å². The highest BCUT2D eigenvalue weighted by Gasteiger charge is 2.28. The highest BCUT2D eigenvalue weighted by molar-refractivity contribution is 7.92. The third kappa shape index (κ3) is 8.20. The lowest BCUT2D eigenvalue weighted by molar-refractivity contribution is -0.140. The van der Waals surface area contributed by atoms with Gasteiger partial charge < -0.3 is 10.2 Å². The van der Waals surface area contributed by atoms with Gasteiger partial charge in [-0.15, -0.1) is 0 Å². The van der Waals surface area contributed by atoms with E-state index in [1.54, 1.807) is 36.9 Å². The summed E-state index contributed by atoms with van der Waals surface area (Å²) >= 11 is 6.22. The molecule has 1 aliphatic rings. The molecular formula is C28H38ClN3O4S. The molecule has 0 saturated heterocycles. The third-order valence-electron chi connectivity index (χ3n) is 7.01. The number of amides is 2. The quantitative estimate of drug-likeness (QED) is 0.417. The second-order valence-electron chi connectivity index (χ2n) is 9.81. The van der Waals surface area contributed by atoms with Gasteiger partial charge in [-0.1, -0.05) is 60.8 Å². The van der Waals surface area contributed by atoms with E-state index in [2.05, 4.69) is 5.32 Å². The number of halogens is 1. The number of anilines is 1. The molecule has 3 rings (SSSR count). The summed E-state index contributed by atoms with van der Waals surface area (Å²) in [5.41, 5.74) is 2.26. The van der Waals surface area contributed by atoms with E-state index in [4.69, 9.17) is 11.6 Å². The highest BCUT2D eigenvalue weighted by atomic mass is 35.5. The zero-order valence-corrected chi connectivity index (χ0v) is 23.5. The van der Waals surface area contributed by atoms with Crippen LogP contribution in [0.25, 0.3) is 0 Å². The Bertz CT molecular complexity index is 1170. The molecule has 7 nitrogen and oxygen atoms in total. The first-order chi connectivity index (χ1) is 17.6. The highest BCUT2D eigenvalue weighted by Crippen LogP contribution is 2.28. The summed E-state index contributed by atoms with van der Waals surface area (Å²) in [6.45, 7) is 4.09. The largest absolute Gasteiger partial charge is 0.352 e. The van der Waals surface area contributed by atoms with Crippen molar-refractivity contribution in [3.05, 3.63) is 64.7 Å². The molecule has 2 aromatic carbocycles. The molecule has 0 radical (unpaired) electrons. The first-order valence-corrected chi connectivity index (χ1v) is 15.2. The van der Waals surface area contributed by atoms with Gasteiger partial charge in [0.25, 0.3) is 0 Å². The van der Waals surface area contributed by atoms with E-state index in [1.807, 2.05) is 30.3 Å². The average Bonchev–Trinajstić information content (AvgIpc) is 3.37. The Labute approximate surface area is 226 Å².